The highest BCUT2D eigenvalue weighted by atomic mass is 14.1. The van der Waals surface area contributed by atoms with Gasteiger partial charge in [-0.25, -0.2) is 0 Å². The molecule has 0 spiro atoms. The Bertz CT molecular complexity index is 536. The van der Waals surface area contributed by atoms with E-state index in [0.717, 1.165) is 6.42 Å². The maximum Gasteiger partial charge on any atom is -0.0149 e. The molecule has 0 aliphatic rings. The number of hydrogen-bond donors (Lipinski definition) is 0. The Morgan fingerprint density at radius 3 is 1.94 bits per heavy atom. The molecule has 0 radical (unpaired) electrons. The fourth-order valence-electron chi connectivity index (χ4n) is 2.39. The maximum absolute atomic E-state index is 2.30. The molecule has 0 saturated heterocycles. The summed E-state index contributed by atoms with van der Waals surface area (Å²) in [5.41, 5.74) is 8.23. The molecule has 2 aromatic carbocycles. The lowest BCUT2D eigenvalue weighted by Gasteiger charge is -2.12. The molecule has 0 heterocycles. The predicted octanol–water partition coefficient (Wildman–Crippen LogP) is 4.84. The minimum absolute atomic E-state index is 1.09. The van der Waals surface area contributed by atoms with Gasteiger partial charge in [-0.1, -0.05) is 54.4 Å². The molecule has 2 rings (SSSR count). The van der Waals surface area contributed by atoms with Crippen LogP contribution in [0.4, 0.5) is 0 Å². The molecule has 88 valence electrons. The molecular formula is C17H20. The second-order valence-electron chi connectivity index (χ2n) is 4.83. The zero-order valence-electron chi connectivity index (χ0n) is 11.2. The monoisotopic (exact) mass is 224 g/mol. The van der Waals surface area contributed by atoms with Gasteiger partial charge in [0.2, 0.25) is 0 Å². The highest BCUT2D eigenvalue weighted by Crippen LogP contribution is 2.28. The third-order valence-corrected chi connectivity index (χ3v) is 3.31. The van der Waals surface area contributed by atoms with Gasteiger partial charge in [0.05, 0.1) is 0 Å². The third-order valence-electron chi connectivity index (χ3n) is 3.31. The van der Waals surface area contributed by atoms with Crippen molar-refractivity contribution in [2.75, 3.05) is 0 Å². The van der Waals surface area contributed by atoms with E-state index in [1.165, 1.54) is 33.4 Å². The molecule has 0 aliphatic heterocycles. The summed E-state index contributed by atoms with van der Waals surface area (Å²) < 4.78 is 0. The van der Waals surface area contributed by atoms with E-state index >= 15 is 0 Å². The molecular weight excluding hydrogens is 204 g/mol. The standard InChI is InChI=1S/C17H20/c1-5-15-11-13(3)7-9-17(15)16-8-6-12(2)10-14(16)4/h6-11H,5H2,1-4H3. The average Bonchev–Trinajstić information content (AvgIpc) is 2.30. The quantitative estimate of drug-likeness (QED) is 0.684. The largest absolute Gasteiger partial charge is 0.0613 e. The van der Waals surface area contributed by atoms with Crippen molar-refractivity contribution >= 4 is 0 Å². The summed E-state index contributed by atoms with van der Waals surface area (Å²) >= 11 is 0. The fourth-order valence-corrected chi connectivity index (χ4v) is 2.39. The Morgan fingerprint density at radius 2 is 1.35 bits per heavy atom. The van der Waals surface area contributed by atoms with Gasteiger partial charge in [0.25, 0.3) is 0 Å². The molecule has 17 heavy (non-hydrogen) atoms. The molecule has 0 heteroatoms. The van der Waals surface area contributed by atoms with Gasteiger partial charge in [-0.05, 0) is 49.4 Å². The van der Waals surface area contributed by atoms with E-state index < -0.39 is 0 Å². The van der Waals surface area contributed by atoms with Gasteiger partial charge in [-0.15, -0.1) is 0 Å². The number of benzene rings is 2. The van der Waals surface area contributed by atoms with Gasteiger partial charge >= 0.3 is 0 Å². The molecule has 0 saturated carbocycles. The Morgan fingerprint density at radius 1 is 0.765 bits per heavy atom. The van der Waals surface area contributed by atoms with Crippen LogP contribution in [-0.2, 0) is 6.42 Å². The summed E-state index contributed by atoms with van der Waals surface area (Å²) in [6.45, 7) is 8.72. The lowest BCUT2D eigenvalue weighted by atomic mass is 9.93. The second-order valence-corrected chi connectivity index (χ2v) is 4.83. The molecule has 0 amide bonds. The van der Waals surface area contributed by atoms with Crippen LogP contribution in [-0.4, -0.2) is 0 Å². The topological polar surface area (TPSA) is 0 Å². The second kappa shape index (κ2) is 4.75. The summed E-state index contributed by atoms with van der Waals surface area (Å²) in [6.07, 6.45) is 1.09. The summed E-state index contributed by atoms with van der Waals surface area (Å²) in [6, 6.07) is 13.5. The first-order chi connectivity index (χ1) is 8.11. The highest BCUT2D eigenvalue weighted by molar-refractivity contribution is 5.71. The van der Waals surface area contributed by atoms with E-state index in [-0.39, 0.29) is 0 Å². The zero-order chi connectivity index (χ0) is 12.4. The van der Waals surface area contributed by atoms with Gasteiger partial charge < -0.3 is 0 Å². The molecule has 2 aromatic rings. The normalized spacial score (nSPS) is 10.6. The molecule has 0 bridgehead atoms. The van der Waals surface area contributed by atoms with E-state index in [9.17, 15) is 0 Å². The molecule has 0 aromatic heterocycles. The summed E-state index contributed by atoms with van der Waals surface area (Å²) in [7, 11) is 0. The van der Waals surface area contributed by atoms with Crippen LogP contribution >= 0.6 is 0 Å². The number of rotatable bonds is 2. The third kappa shape index (κ3) is 2.41. The summed E-state index contributed by atoms with van der Waals surface area (Å²) in [4.78, 5) is 0. The molecule has 0 N–H and O–H groups in total. The van der Waals surface area contributed by atoms with Gasteiger partial charge in [-0.3, -0.25) is 0 Å². The molecule has 0 atom stereocenters. The van der Waals surface area contributed by atoms with Crippen LogP contribution in [0.25, 0.3) is 11.1 Å². The van der Waals surface area contributed by atoms with Crippen molar-refractivity contribution in [1.82, 2.24) is 0 Å². The van der Waals surface area contributed by atoms with Crippen LogP contribution < -0.4 is 0 Å². The molecule has 0 nitrogen and oxygen atoms in total. The molecule has 0 fully saturated rings. The van der Waals surface area contributed by atoms with Gasteiger partial charge in [0.1, 0.15) is 0 Å². The van der Waals surface area contributed by atoms with Crippen molar-refractivity contribution in [2.24, 2.45) is 0 Å². The first kappa shape index (κ1) is 11.9. The van der Waals surface area contributed by atoms with E-state index in [1.807, 2.05) is 0 Å². The van der Waals surface area contributed by atoms with Crippen LogP contribution in [0.5, 0.6) is 0 Å². The minimum Gasteiger partial charge on any atom is -0.0613 e. The van der Waals surface area contributed by atoms with Crippen molar-refractivity contribution in [3.05, 3.63) is 58.7 Å². The molecule has 0 aliphatic carbocycles. The van der Waals surface area contributed by atoms with Crippen molar-refractivity contribution in [2.45, 2.75) is 34.1 Å². The SMILES string of the molecule is CCc1cc(C)ccc1-c1ccc(C)cc1C. The van der Waals surface area contributed by atoms with E-state index in [4.69, 9.17) is 0 Å². The van der Waals surface area contributed by atoms with E-state index in [0.29, 0.717) is 0 Å². The van der Waals surface area contributed by atoms with E-state index in [1.54, 1.807) is 0 Å². The van der Waals surface area contributed by atoms with Crippen LogP contribution in [0.1, 0.15) is 29.2 Å². The predicted molar refractivity (Wildman–Crippen MR) is 75.5 cm³/mol. The van der Waals surface area contributed by atoms with Gasteiger partial charge in [0, 0.05) is 0 Å². The number of aryl methyl sites for hydroxylation is 4. The van der Waals surface area contributed by atoms with Crippen molar-refractivity contribution in [1.29, 1.82) is 0 Å². The first-order valence-corrected chi connectivity index (χ1v) is 6.29. The summed E-state index contributed by atoms with van der Waals surface area (Å²) in [5, 5.41) is 0. The Balaban J connectivity index is 2.60. The fraction of sp³-hybridized carbons (Fsp3) is 0.294. The minimum atomic E-state index is 1.09. The smallest absolute Gasteiger partial charge is 0.0149 e. The van der Waals surface area contributed by atoms with Crippen LogP contribution in [0.15, 0.2) is 36.4 Å². The van der Waals surface area contributed by atoms with Crippen molar-refractivity contribution in [3.8, 4) is 11.1 Å². The van der Waals surface area contributed by atoms with Crippen molar-refractivity contribution in [3.63, 3.8) is 0 Å². The van der Waals surface area contributed by atoms with Crippen LogP contribution in [0.3, 0.4) is 0 Å². The Hall–Kier alpha value is -1.56. The highest BCUT2D eigenvalue weighted by Gasteiger charge is 2.06. The van der Waals surface area contributed by atoms with Crippen molar-refractivity contribution < 1.29 is 0 Å². The lowest BCUT2D eigenvalue weighted by molar-refractivity contribution is 1.13. The molecule has 0 unspecified atom stereocenters. The van der Waals surface area contributed by atoms with Crippen LogP contribution in [0.2, 0.25) is 0 Å². The average molecular weight is 224 g/mol. The van der Waals surface area contributed by atoms with Gasteiger partial charge in [0.15, 0.2) is 0 Å². The Labute approximate surface area is 104 Å². The van der Waals surface area contributed by atoms with Crippen LogP contribution in [0, 0.1) is 20.8 Å². The zero-order valence-corrected chi connectivity index (χ0v) is 11.2. The summed E-state index contributed by atoms with van der Waals surface area (Å²) in [5.74, 6) is 0. The lowest BCUT2D eigenvalue weighted by Crippen LogP contribution is -1.91. The maximum atomic E-state index is 2.30. The van der Waals surface area contributed by atoms with Gasteiger partial charge in [-0.2, -0.15) is 0 Å². The number of hydrogen-bond acceptors (Lipinski definition) is 0. The first-order valence-electron chi connectivity index (χ1n) is 6.29. The van der Waals surface area contributed by atoms with E-state index in [2.05, 4.69) is 64.1 Å². The Kier molecular flexibility index (Phi) is 3.33.